The fraction of sp³-hybridized carbons (Fsp3) is 0.188. The third-order valence-corrected chi connectivity index (χ3v) is 6.54. The molecular weight excluding hydrogens is 501 g/mol. The Morgan fingerprint density at radius 3 is 2.70 bits per heavy atom. The van der Waals surface area contributed by atoms with Crippen molar-refractivity contribution in [2.75, 3.05) is 0 Å². The van der Waals surface area contributed by atoms with E-state index in [4.69, 9.17) is 4.98 Å². The van der Waals surface area contributed by atoms with E-state index in [0.717, 1.165) is 56.5 Å². The van der Waals surface area contributed by atoms with Crippen molar-refractivity contribution in [2.24, 2.45) is 5.92 Å². The summed E-state index contributed by atoms with van der Waals surface area (Å²) in [6.07, 6.45) is 10.2. The molecular formula is C32H32FN7. The van der Waals surface area contributed by atoms with Crippen LogP contribution in [0.2, 0.25) is 0 Å². The Kier molecular flexibility index (Phi) is 7.42. The predicted octanol–water partition coefficient (Wildman–Crippen LogP) is 7.63. The van der Waals surface area contributed by atoms with Crippen molar-refractivity contribution >= 4 is 27.8 Å². The summed E-state index contributed by atoms with van der Waals surface area (Å²) in [5, 5.41) is 11.7. The van der Waals surface area contributed by atoms with Crippen LogP contribution >= 0.6 is 0 Å². The third kappa shape index (κ3) is 5.47. The zero-order chi connectivity index (χ0) is 28.4. The van der Waals surface area contributed by atoms with Crippen molar-refractivity contribution in [3.8, 4) is 22.6 Å². The van der Waals surface area contributed by atoms with Crippen molar-refractivity contribution in [1.29, 1.82) is 0 Å². The molecule has 5 rings (SSSR count). The van der Waals surface area contributed by atoms with E-state index in [1.807, 2.05) is 44.2 Å². The number of nitrogens with zero attached hydrogens (tertiary/aromatic N) is 4. The Morgan fingerprint density at radius 1 is 1.15 bits per heavy atom. The summed E-state index contributed by atoms with van der Waals surface area (Å²) in [4.78, 5) is 17.1. The molecule has 0 bridgehead atoms. The Hall–Kier alpha value is -4.85. The molecule has 0 saturated heterocycles. The van der Waals surface area contributed by atoms with Gasteiger partial charge in [-0.2, -0.15) is 5.10 Å². The molecule has 0 spiro atoms. The maximum absolute atomic E-state index is 14.2. The van der Waals surface area contributed by atoms with E-state index in [0.29, 0.717) is 28.7 Å². The predicted molar refractivity (Wildman–Crippen MR) is 161 cm³/mol. The summed E-state index contributed by atoms with van der Waals surface area (Å²) in [6.45, 7) is 16.3. The molecule has 0 radical (unpaired) electrons. The number of fused-ring (bicyclic) bond motifs is 2. The Balaban J connectivity index is 1.54. The van der Waals surface area contributed by atoms with Gasteiger partial charge >= 0.3 is 0 Å². The number of aromatic amines is 2. The van der Waals surface area contributed by atoms with E-state index in [9.17, 15) is 4.39 Å². The number of aryl methyl sites for hydroxylation is 1. The molecule has 0 unspecified atom stereocenters. The largest absolute Gasteiger partial charge is 0.359 e. The lowest BCUT2D eigenvalue weighted by Gasteiger charge is -2.13. The summed E-state index contributed by atoms with van der Waals surface area (Å²) in [5.74, 6) is 0.784. The average Bonchev–Trinajstić information content (AvgIpc) is 3.53. The Bertz CT molecular complexity index is 1780. The average molecular weight is 534 g/mol. The summed E-state index contributed by atoms with van der Waals surface area (Å²) in [6, 6.07) is 8.85. The highest BCUT2D eigenvalue weighted by Gasteiger charge is 2.17. The number of benzene rings is 1. The fourth-order valence-corrected chi connectivity index (χ4v) is 4.79. The maximum atomic E-state index is 14.2. The second-order valence-corrected chi connectivity index (χ2v) is 10.2. The van der Waals surface area contributed by atoms with Crippen LogP contribution in [0.25, 0.3) is 50.4 Å². The second-order valence-electron chi connectivity index (χ2n) is 10.2. The summed E-state index contributed by atoms with van der Waals surface area (Å²) in [7, 11) is 0. The van der Waals surface area contributed by atoms with Gasteiger partial charge in [-0.1, -0.05) is 39.1 Å². The normalized spacial score (nSPS) is 12.4. The lowest BCUT2D eigenvalue weighted by atomic mass is 10.0. The molecule has 8 heteroatoms. The molecule has 0 aliphatic rings. The van der Waals surface area contributed by atoms with Crippen LogP contribution in [-0.4, -0.2) is 30.1 Å². The number of aromatic nitrogens is 6. The molecule has 202 valence electrons. The van der Waals surface area contributed by atoms with Crippen LogP contribution in [0.1, 0.15) is 38.3 Å². The highest BCUT2D eigenvalue weighted by Crippen LogP contribution is 2.32. The number of allylic oxidation sites excluding steroid dienone is 5. The SMILES string of the molecule is C=C/C(=C\C(=C/C)c1cnc2n[nH]c(-c3nc4nccc(-c5cc(C)cc(F)c5)c4[nH]3)c2c1)NC(=C)CC(C)C. The zero-order valence-electron chi connectivity index (χ0n) is 23.1. The topological polar surface area (TPSA) is 95.2 Å². The quantitative estimate of drug-likeness (QED) is 0.169. The van der Waals surface area contributed by atoms with Gasteiger partial charge in [0.25, 0.3) is 0 Å². The number of nitrogens with one attached hydrogen (secondary N) is 3. The van der Waals surface area contributed by atoms with Gasteiger partial charge in [0, 0.05) is 34.9 Å². The van der Waals surface area contributed by atoms with Crippen LogP contribution in [-0.2, 0) is 0 Å². The molecule has 4 aromatic heterocycles. The molecule has 0 aliphatic heterocycles. The maximum Gasteiger partial charge on any atom is 0.181 e. The first-order valence-corrected chi connectivity index (χ1v) is 13.2. The van der Waals surface area contributed by atoms with Gasteiger partial charge < -0.3 is 10.3 Å². The molecule has 0 fully saturated rings. The molecule has 1 aromatic carbocycles. The van der Waals surface area contributed by atoms with Gasteiger partial charge in [0.1, 0.15) is 11.5 Å². The van der Waals surface area contributed by atoms with Crippen molar-refractivity contribution in [1.82, 2.24) is 35.5 Å². The van der Waals surface area contributed by atoms with Crippen LogP contribution in [0.5, 0.6) is 0 Å². The molecule has 0 atom stereocenters. The summed E-state index contributed by atoms with van der Waals surface area (Å²) >= 11 is 0. The van der Waals surface area contributed by atoms with E-state index in [-0.39, 0.29) is 5.82 Å². The first kappa shape index (κ1) is 26.7. The van der Waals surface area contributed by atoms with Crippen molar-refractivity contribution in [2.45, 2.75) is 34.1 Å². The van der Waals surface area contributed by atoms with Crippen LogP contribution in [0.4, 0.5) is 4.39 Å². The smallest absolute Gasteiger partial charge is 0.181 e. The first-order chi connectivity index (χ1) is 19.2. The molecule has 0 amide bonds. The van der Waals surface area contributed by atoms with E-state index >= 15 is 0 Å². The van der Waals surface area contributed by atoms with Gasteiger partial charge in [-0.3, -0.25) is 5.10 Å². The van der Waals surface area contributed by atoms with Gasteiger partial charge in [0.05, 0.1) is 10.9 Å². The van der Waals surface area contributed by atoms with Crippen LogP contribution in [0.3, 0.4) is 0 Å². The molecule has 0 saturated carbocycles. The van der Waals surface area contributed by atoms with Gasteiger partial charge in [-0.05, 0) is 79.3 Å². The van der Waals surface area contributed by atoms with Gasteiger partial charge in [0.15, 0.2) is 17.1 Å². The van der Waals surface area contributed by atoms with Gasteiger partial charge in [0.2, 0.25) is 0 Å². The molecule has 3 N–H and O–H groups in total. The standard InChI is InChI=1S/C32H32FN7/c1-7-21(15-25(8-2)36-20(6)11-18(3)4)23-16-27-29(39-40-30(27)35-17-23)32-37-28-26(9-10-34-31(28)38-32)22-12-19(5)13-24(33)14-22/h7-10,12-18,36H,2,6,11H2,1,3-5H3,(H,34,37,38)(H,35,39,40)/b21-7+,25-15+. The van der Waals surface area contributed by atoms with Crippen molar-refractivity contribution < 1.29 is 4.39 Å². The fourth-order valence-electron chi connectivity index (χ4n) is 4.79. The minimum atomic E-state index is -0.286. The number of H-pyrrole nitrogens is 2. The first-order valence-electron chi connectivity index (χ1n) is 13.2. The molecule has 0 aliphatic carbocycles. The number of imidazole rings is 1. The third-order valence-electron chi connectivity index (χ3n) is 6.54. The Morgan fingerprint density at radius 2 is 1.98 bits per heavy atom. The van der Waals surface area contributed by atoms with E-state index in [1.165, 1.54) is 12.1 Å². The van der Waals surface area contributed by atoms with E-state index in [1.54, 1.807) is 18.5 Å². The molecule has 7 nitrogen and oxygen atoms in total. The number of halogens is 1. The lowest BCUT2D eigenvalue weighted by molar-refractivity contribution is 0.622. The van der Waals surface area contributed by atoms with Gasteiger partial charge in [-0.25, -0.2) is 19.3 Å². The minimum Gasteiger partial charge on any atom is -0.359 e. The number of pyridine rings is 2. The van der Waals surface area contributed by atoms with Crippen LogP contribution in [0.15, 0.2) is 85.5 Å². The molecule has 40 heavy (non-hydrogen) atoms. The van der Waals surface area contributed by atoms with Crippen LogP contribution < -0.4 is 5.32 Å². The van der Waals surface area contributed by atoms with Crippen LogP contribution in [0, 0.1) is 18.7 Å². The highest BCUT2D eigenvalue weighted by molar-refractivity contribution is 5.96. The number of hydrogen-bond donors (Lipinski definition) is 3. The molecule has 5 aromatic rings. The second kappa shape index (κ2) is 11.1. The monoisotopic (exact) mass is 533 g/mol. The summed E-state index contributed by atoms with van der Waals surface area (Å²) in [5.41, 5.74) is 8.60. The van der Waals surface area contributed by atoms with Gasteiger partial charge in [-0.15, -0.1) is 0 Å². The zero-order valence-corrected chi connectivity index (χ0v) is 23.1. The number of rotatable bonds is 9. The minimum absolute atomic E-state index is 0.286. The number of hydrogen-bond acceptors (Lipinski definition) is 5. The molecule has 4 heterocycles. The summed E-state index contributed by atoms with van der Waals surface area (Å²) < 4.78 is 14.2. The lowest BCUT2D eigenvalue weighted by Crippen LogP contribution is -2.12. The van der Waals surface area contributed by atoms with Crippen molar-refractivity contribution in [3.63, 3.8) is 0 Å². The highest BCUT2D eigenvalue weighted by atomic mass is 19.1. The van der Waals surface area contributed by atoms with Crippen molar-refractivity contribution in [3.05, 3.63) is 102 Å². The Labute approximate surface area is 232 Å². The van der Waals surface area contributed by atoms with E-state index in [2.05, 4.69) is 57.5 Å². The van der Waals surface area contributed by atoms with E-state index < -0.39 is 0 Å².